The van der Waals surface area contributed by atoms with Crippen molar-refractivity contribution >= 4 is 17.7 Å². The van der Waals surface area contributed by atoms with Crippen LogP contribution in [0.1, 0.15) is 58.7 Å². The fourth-order valence-electron chi connectivity index (χ4n) is 4.55. The normalized spacial score (nSPS) is 17.1. The Morgan fingerprint density at radius 1 is 1.12 bits per heavy atom. The van der Waals surface area contributed by atoms with Crippen molar-refractivity contribution < 1.29 is 23.9 Å². The van der Waals surface area contributed by atoms with Crippen molar-refractivity contribution in [1.82, 2.24) is 30.3 Å². The van der Waals surface area contributed by atoms with Crippen molar-refractivity contribution in [2.75, 3.05) is 33.4 Å². The standard InChI is InChI=1S/C29H36N6O5/c1-19(2)26-27-31-20(3)33-35(27)15-16-40-24-17-22(11-12-23(24)39-4)28(37)30-13-8-14-34(18-25(36)32-26)29(38)21-9-6-5-7-10-21/h5-7,9-12,17,19,26H,8,13-16,18H2,1-4H3,(H,30,37)(H,32,36)/t26-/m0/s1. The summed E-state index contributed by atoms with van der Waals surface area (Å²) in [5.41, 5.74) is 0.911. The van der Waals surface area contributed by atoms with E-state index in [-0.39, 0.29) is 43.3 Å². The minimum absolute atomic E-state index is 0.00285. The highest BCUT2D eigenvalue weighted by atomic mass is 16.5. The average molecular weight is 549 g/mol. The lowest BCUT2D eigenvalue weighted by Crippen LogP contribution is -2.44. The Morgan fingerprint density at radius 2 is 1.90 bits per heavy atom. The van der Waals surface area contributed by atoms with E-state index in [1.807, 2.05) is 19.9 Å². The number of aromatic nitrogens is 3. The van der Waals surface area contributed by atoms with Crippen LogP contribution < -0.4 is 20.1 Å². The minimum atomic E-state index is -0.432. The monoisotopic (exact) mass is 548 g/mol. The Kier molecular flexibility index (Phi) is 9.36. The maximum absolute atomic E-state index is 13.3. The highest BCUT2D eigenvalue weighted by Crippen LogP contribution is 2.28. The van der Waals surface area contributed by atoms with Crippen LogP contribution in [-0.4, -0.2) is 70.7 Å². The summed E-state index contributed by atoms with van der Waals surface area (Å²) in [5, 5.41) is 10.5. The molecule has 2 N–H and O–H groups in total. The van der Waals surface area contributed by atoms with E-state index in [0.717, 1.165) is 0 Å². The molecular formula is C29H36N6O5. The second kappa shape index (κ2) is 13.1. The van der Waals surface area contributed by atoms with Gasteiger partial charge in [0.2, 0.25) is 5.91 Å². The zero-order chi connectivity index (χ0) is 28.6. The fourth-order valence-corrected chi connectivity index (χ4v) is 4.55. The van der Waals surface area contributed by atoms with Crippen LogP contribution in [0.15, 0.2) is 48.5 Å². The maximum atomic E-state index is 13.3. The van der Waals surface area contributed by atoms with Crippen molar-refractivity contribution in [2.24, 2.45) is 5.92 Å². The summed E-state index contributed by atoms with van der Waals surface area (Å²) in [5.74, 6) is 1.27. The summed E-state index contributed by atoms with van der Waals surface area (Å²) in [6, 6.07) is 13.4. The molecule has 4 rings (SSSR count). The highest BCUT2D eigenvalue weighted by Gasteiger charge is 2.27. The third-order valence-electron chi connectivity index (χ3n) is 6.59. The van der Waals surface area contributed by atoms with Crippen LogP contribution in [0.5, 0.6) is 11.5 Å². The second-order valence-corrected chi connectivity index (χ2v) is 9.95. The van der Waals surface area contributed by atoms with Gasteiger partial charge in [0, 0.05) is 24.2 Å². The van der Waals surface area contributed by atoms with Gasteiger partial charge in [0.25, 0.3) is 11.8 Å². The number of ether oxygens (including phenoxy) is 2. The van der Waals surface area contributed by atoms with Gasteiger partial charge in [0.1, 0.15) is 18.3 Å². The van der Waals surface area contributed by atoms with Gasteiger partial charge in [-0.1, -0.05) is 32.0 Å². The van der Waals surface area contributed by atoms with E-state index in [9.17, 15) is 14.4 Å². The molecule has 11 heteroatoms. The van der Waals surface area contributed by atoms with E-state index in [1.165, 1.54) is 12.0 Å². The van der Waals surface area contributed by atoms with E-state index < -0.39 is 6.04 Å². The van der Waals surface area contributed by atoms with E-state index in [4.69, 9.17) is 9.47 Å². The number of amides is 3. The van der Waals surface area contributed by atoms with Crippen molar-refractivity contribution in [2.45, 2.75) is 39.8 Å². The van der Waals surface area contributed by atoms with Crippen molar-refractivity contribution in [3.8, 4) is 11.5 Å². The van der Waals surface area contributed by atoms with Crippen LogP contribution in [0.4, 0.5) is 0 Å². The summed E-state index contributed by atoms with van der Waals surface area (Å²) < 4.78 is 13.1. The van der Waals surface area contributed by atoms with Gasteiger partial charge in [0.05, 0.1) is 26.2 Å². The molecular weight excluding hydrogens is 512 g/mol. The molecule has 0 aliphatic carbocycles. The largest absolute Gasteiger partial charge is 0.493 e. The Hall–Kier alpha value is -4.41. The first-order chi connectivity index (χ1) is 19.3. The SMILES string of the molecule is COc1ccc2cc1OCCn1nc(C)nc1[C@H](C(C)C)NC(=O)CN(C(=O)c1ccccc1)CCCNC2=O. The number of hydrogen-bond donors (Lipinski definition) is 2. The molecule has 212 valence electrons. The summed E-state index contributed by atoms with van der Waals surface area (Å²) >= 11 is 0. The number of carbonyl (C=O) groups excluding carboxylic acids is 3. The number of nitrogens with zero attached hydrogens (tertiary/aromatic N) is 4. The topological polar surface area (TPSA) is 128 Å². The van der Waals surface area contributed by atoms with Gasteiger partial charge in [-0.25, -0.2) is 9.67 Å². The number of hydrogen-bond acceptors (Lipinski definition) is 7. The van der Waals surface area contributed by atoms with Crippen molar-refractivity contribution in [3.63, 3.8) is 0 Å². The Balaban J connectivity index is 1.66. The molecule has 0 fully saturated rings. The molecule has 40 heavy (non-hydrogen) atoms. The van der Waals surface area contributed by atoms with Crippen molar-refractivity contribution in [1.29, 1.82) is 0 Å². The lowest BCUT2D eigenvalue weighted by atomic mass is 10.0. The molecule has 0 saturated heterocycles. The second-order valence-electron chi connectivity index (χ2n) is 9.95. The Labute approximate surface area is 233 Å². The third-order valence-corrected chi connectivity index (χ3v) is 6.59. The van der Waals surface area contributed by atoms with E-state index in [2.05, 4.69) is 20.7 Å². The highest BCUT2D eigenvalue weighted by molar-refractivity contribution is 5.96. The van der Waals surface area contributed by atoms with Gasteiger partial charge in [-0.2, -0.15) is 5.10 Å². The predicted molar refractivity (Wildman–Crippen MR) is 148 cm³/mol. The first kappa shape index (κ1) is 28.6. The van der Waals surface area contributed by atoms with Crippen molar-refractivity contribution in [3.05, 3.63) is 71.3 Å². The van der Waals surface area contributed by atoms with E-state index in [1.54, 1.807) is 54.1 Å². The van der Waals surface area contributed by atoms with E-state index >= 15 is 0 Å². The Bertz CT molecular complexity index is 1340. The lowest BCUT2D eigenvalue weighted by molar-refractivity contribution is -0.123. The molecule has 2 aromatic carbocycles. The van der Waals surface area contributed by atoms with Gasteiger partial charge in [-0.05, 0) is 49.6 Å². The molecule has 2 bridgehead atoms. The number of benzene rings is 2. The molecule has 0 unspecified atom stereocenters. The molecule has 1 atom stereocenters. The predicted octanol–water partition coefficient (Wildman–Crippen LogP) is 2.76. The van der Waals surface area contributed by atoms with Crippen LogP contribution in [0.25, 0.3) is 0 Å². The number of carbonyl (C=O) groups is 3. The molecule has 0 saturated carbocycles. The van der Waals surface area contributed by atoms with Gasteiger partial charge in [-0.3, -0.25) is 14.4 Å². The number of nitrogens with one attached hydrogen (secondary N) is 2. The molecule has 0 spiro atoms. The third kappa shape index (κ3) is 6.96. The van der Waals surface area contributed by atoms with Crippen LogP contribution >= 0.6 is 0 Å². The molecule has 1 aliphatic rings. The summed E-state index contributed by atoms with van der Waals surface area (Å²) in [4.78, 5) is 45.6. The molecule has 1 aliphatic heterocycles. The molecule has 3 aromatic rings. The number of aryl methyl sites for hydroxylation is 1. The van der Waals surface area contributed by atoms with E-state index in [0.29, 0.717) is 53.8 Å². The average Bonchev–Trinajstić information content (AvgIpc) is 3.32. The maximum Gasteiger partial charge on any atom is 0.254 e. The number of fused-ring (bicyclic) bond motifs is 3. The molecule has 3 amide bonds. The minimum Gasteiger partial charge on any atom is -0.493 e. The number of rotatable bonds is 3. The molecule has 11 nitrogen and oxygen atoms in total. The zero-order valence-electron chi connectivity index (χ0n) is 23.3. The number of methoxy groups -OCH3 is 1. The zero-order valence-corrected chi connectivity index (χ0v) is 23.3. The van der Waals surface area contributed by atoms with Crippen LogP contribution in [0.3, 0.4) is 0 Å². The molecule has 2 heterocycles. The van der Waals surface area contributed by atoms with Gasteiger partial charge >= 0.3 is 0 Å². The van der Waals surface area contributed by atoms with Gasteiger partial charge in [0.15, 0.2) is 11.5 Å². The van der Waals surface area contributed by atoms with Crippen LogP contribution in [-0.2, 0) is 11.3 Å². The first-order valence-corrected chi connectivity index (χ1v) is 13.4. The van der Waals surface area contributed by atoms with Gasteiger partial charge in [-0.15, -0.1) is 0 Å². The lowest BCUT2D eigenvalue weighted by Gasteiger charge is -2.26. The smallest absolute Gasteiger partial charge is 0.254 e. The van der Waals surface area contributed by atoms with Crippen LogP contribution in [0, 0.1) is 12.8 Å². The summed E-state index contributed by atoms with van der Waals surface area (Å²) in [6.07, 6.45) is 0.457. The Morgan fingerprint density at radius 3 is 2.62 bits per heavy atom. The summed E-state index contributed by atoms with van der Waals surface area (Å²) in [7, 11) is 1.54. The quantitative estimate of drug-likeness (QED) is 0.515. The first-order valence-electron chi connectivity index (χ1n) is 13.4. The molecule has 1 aromatic heterocycles. The van der Waals surface area contributed by atoms with Crippen LogP contribution in [0.2, 0.25) is 0 Å². The summed E-state index contributed by atoms with van der Waals surface area (Å²) in [6.45, 7) is 6.83. The molecule has 0 radical (unpaired) electrons. The fraction of sp³-hybridized carbons (Fsp3) is 0.414. The van der Waals surface area contributed by atoms with Gasteiger partial charge < -0.3 is 25.0 Å².